The SMILES string of the molecule is N#Cc1cccc(-c2nc(N)c(C(=O)O)c(OC3CC[S+]([O-])CC3)n2)c1. The molecule has 0 radical (unpaired) electrons. The van der Waals surface area contributed by atoms with Crippen LogP contribution in [0.2, 0.25) is 0 Å². The molecule has 2 aromatic rings. The van der Waals surface area contributed by atoms with Gasteiger partial charge in [0.2, 0.25) is 5.88 Å². The van der Waals surface area contributed by atoms with E-state index in [1.807, 2.05) is 6.07 Å². The fourth-order valence-electron chi connectivity index (χ4n) is 2.65. The molecule has 0 atom stereocenters. The van der Waals surface area contributed by atoms with E-state index in [2.05, 4.69) is 9.97 Å². The minimum Gasteiger partial charge on any atom is -0.616 e. The Morgan fingerprint density at radius 1 is 1.38 bits per heavy atom. The third-order valence-corrected chi connectivity index (χ3v) is 5.36. The molecule has 0 aliphatic carbocycles. The van der Waals surface area contributed by atoms with Crippen LogP contribution < -0.4 is 10.5 Å². The van der Waals surface area contributed by atoms with Gasteiger partial charge in [-0.3, -0.25) is 0 Å². The van der Waals surface area contributed by atoms with Gasteiger partial charge in [0.25, 0.3) is 0 Å². The first-order chi connectivity index (χ1) is 12.5. The zero-order valence-corrected chi connectivity index (χ0v) is 14.5. The molecule has 1 aromatic heterocycles. The molecule has 2 heterocycles. The van der Waals surface area contributed by atoms with E-state index >= 15 is 0 Å². The monoisotopic (exact) mass is 372 g/mol. The summed E-state index contributed by atoms with van der Waals surface area (Å²) in [4.78, 5) is 19.8. The van der Waals surface area contributed by atoms with Gasteiger partial charge in [0.05, 0.1) is 11.6 Å². The predicted molar refractivity (Wildman–Crippen MR) is 95.1 cm³/mol. The average Bonchev–Trinajstić information content (AvgIpc) is 2.63. The van der Waals surface area contributed by atoms with Gasteiger partial charge in [-0.2, -0.15) is 10.2 Å². The highest BCUT2D eigenvalue weighted by Gasteiger charge is 2.27. The fraction of sp³-hybridized carbons (Fsp3) is 0.294. The molecule has 9 heteroatoms. The van der Waals surface area contributed by atoms with E-state index in [4.69, 9.17) is 15.7 Å². The summed E-state index contributed by atoms with van der Waals surface area (Å²) in [7, 11) is 0. The molecule has 1 aromatic carbocycles. The van der Waals surface area contributed by atoms with Gasteiger partial charge in [-0.1, -0.05) is 23.3 Å². The molecule has 1 saturated heterocycles. The lowest BCUT2D eigenvalue weighted by Gasteiger charge is -2.25. The van der Waals surface area contributed by atoms with Crippen molar-refractivity contribution >= 4 is 23.0 Å². The van der Waals surface area contributed by atoms with Crippen molar-refractivity contribution in [2.75, 3.05) is 17.2 Å². The summed E-state index contributed by atoms with van der Waals surface area (Å²) in [6, 6.07) is 8.62. The number of aromatic carboxylic acids is 1. The molecular formula is C17H16N4O4S. The minimum absolute atomic E-state index is 0.111. The van der Waals surface area contributed by atoms with E-state index in [0.717, 1.165) is 0 Å². The number of nitriles is 1. The number of carboxylic acids is 1. The maximum Gasteiger partial charge on any atom is 0.345 e. The average molecular weight is 372 g/mol. The molecule has 1 fully saturated rings. The highest BCUT2D eigenvalue weighted by molar-refractivity contribution is 7.91. The number of anilines is 1. The van der Waals surface area contributed by atoms with Crippen molar-refractivity contribution in [2.24, 2.45) is 0 Å². The molecule has 0 spiro atoms. The lowest BCUT2D eigenvalue weighted by molar-refractivity contribution is 0.0687. The Kier molecular flexibility index (Phi) is 5.25. The fourth-order valence-corrected chi connectivity index (χ4v) is 3.90. The molecule has 26 heavy (non-hydrogen) atoms. The highest BCUT2D eigenvalue weighted by atomic mass is 32.2. The number of hydrogen-bond donors (Lipinski definition) is 2. The van der Waals surface area contributed by atoms with Gasteiger partial charge in [0, 0.05) is 18.4 Å². The Morgan fingerprint density at radius 3 is 2.77 bits per heavy atom. The van der Waals surface area contributed by atoms with Crippen molar-refractivity contribution in [3.8, 4) is 23.3 Å². The van der Waals surface area contributed by atoms with Crippen molar-refractivity contribution in [1.29, 1.82) is 5.26 Å². The molecule has 134 valence electrons. The van der Waals surface area contributed by atoms with Crippen molar-refractivity contribution in [3.63, 3.8) is 0 Å². The highest BCUT2D eigenvalue weighted by Crippen LogP contribution is 2.28. The summed E-state index contributed by atoms with van der Waals surface area (Å²) in [5.41, 5.74) is 6.49. The van der Waals surface area contributed by atoms with E-state index < -0.39 is 17.1 Å². The number of hydrogen-bond acceptors (Lipinski definition) is 7. The summed E-state index contributed by atoms with van der Waals surface area (Å²) >= 11 is -0.860. The zero-order chi connectivity index (χ0) is 18.7. The van der Waals surface area contributed by atoms with Crippen LogP contribution in [0.5, 0.6) is 5.88 Å². The van der Waals surface area contributed by atoms with Crippen LogP contribution in [0.15, 0.2) is 24.3 Å². The number of benzene rings is 1. The first kappa shape index (κ1) is 18.0. The largest absolute Gasteiger partial charge is 0.616 e. The number of ether oxygens (including phenoxy) is 1. The lowest BCUT2D eigenvalue weighted by atomic mass is 10.1. The van der Waals surface area contributed by atoms with Gasteiger partial charge in [-0.05, 0) is 12.1 Å². The number of nitrogens with zero attached hydrogens (tertiary/aromatic N) is 3. The second kappa shape index (κ2) is 7.59. The van der Waals surface area contributed by atoms with Crippen molar-refractivity contribution in [3.05, 3.63) is 35.4 Å². The number of nitrogens with two attached hydrogens (primary N) is 1. The van der Waals surface area contributed by atoms with Crippen molar-refractivity contribution < 1.29 is 19.2 Å². The normalized spacial score (nSPS) is 19.5. The number of carbonyl (C=O) groups is 1. The summed E-state index contributed by atoms with van der Waals surface area (Å²) in [6.45, 7) is 0. The molecule has 0 amide bonds. The topological polar surface area (TPSA) is 145 Å². The molecule has 1 aliphatic rings. The number of carboxylic acid groups (broad SMARTS) is 1. The molecule has 1 aliphatic heterocycles. The Labute approximate surface area is 152 Å². The van der Waals surface area contributed by atoms with Gasteiger partial charge >= 0.3 is 5.97 Å². The van der Waals surface area contributed by atoms with Crippen LogP contribution in [0.4, 0.5) is 5.82 Å². The molecule has 8 nitrogen and oxygen atoms in total. The first-order valence-corrected chi connectivity index (χ1v) is 9.39. The van der Waals surface area contributed by atoms with Gasteiger partial charge in [-0.15, -0.1) is 0 Å². The first-order valence-electron chi connectivity index (χ1n) is 7.91. The van der Waals surface area contributed by atoms with Gasteiger partial charge in [0.1, 0.15) is 23.4 Å². The van der Waals surface area contributed by atoms with Gasteiger partial charge in [-0.25, -0.2) is 9.78 Å². The third kappa shape index (κ3) is 3.87. The van der Waals surface area contributed by atoms with Crippen LogP contribution in [0, 0.1) is 11.3 Å². The molecular weight excluding hydrogens is 356 g/mol. The predicted octanol–water partition coefficient (Wildman–Crippen LogP) is 1.59. The lowest BCUT2D eigenvalue weighted by Crippen LogP contribution is -2.31. The smallest absolute Gasteiger partial charge is 0.345 e. The molecule has 3 N–H and O–H groups in total. The van der Waals surface area contributed by atoms with Gasteiger partial charge in [0.15, 0.2) is 11.4 Å². The maximum absolute atomic E-state index is 11.6. The second-order valence-corrected chi connectivity index (χ2v) is 7.47. The standard InChI is InChI=1S/C17H16N4O4S/c18-9-10-2-1-3-11(8-10)15-20-14(19)13(17(22)23)16(21-15)25-12-4-6-26(24)7-5-12/h1-3,8,12H,4-7H2,(H,22,23)(H2,19,20,21). The van der Waals surface area contributed by atoms with Crippen LogP contribution in [0.3, 0.4) is 0 Å². The Morgan fingerprint density at radius 2 is 2.12 bits per heavy atom. The van der Waals surface area contributed by atoms with Crippen LogP contribution in [-0.2, 0) is 11.2 Å². The van der Waals surface area contributed by atoms with E-state index in [1.165, 1.54) is 0 Å². The Hall–Kier alpha value is -2.83. The maximum atomic E-state index is 11.6. The summed E-state index contributed by atoms with van der Waals surface area (Å²) in [5.74, 6) is -0.414. The minimum atomic E-state index is -1.28. The Bertz CT molecular complexity index is 876. The molecule has 0 bridgehead atoms. The van der Waals surface area contributed by atoms with Crippen molar-refractivity contribution in [2.45, 2.75) is 18.9 Å². The molecule has 0 saturated carbocycles. The summed E-state index contributed by atoms with van der Waals surface area (Å²) in [5, 5.41) is 18.5. The molecule has 3 rings (SSSR count). The zero-order valence-electron chi connectivity index (χ0n) is 13.7. The van der Waals surface area contributed by atoms with E-state index in [0.29, 0.717) is 35.5 Å². The number of aromatic nitrogens is 2. The van der Waals surface area contributed by atoms with Gasteiger partial charge < -0.3 is 20.1 Å². The quantitative estimate of drug-likeness (QED) is 0.769. The van der Waals surface area contributed by atoms with E-state index in [-0.39, 0.29) is 29.2 Å². The van der Waals surface area contributed by atoms with Crippen LogP contribution in [0.25, 0.3) is 11.4 Å². The molecule has 0 unspecified atom stereocenters. The van der Waals surface area contributed by atoms with E-state index in [1.54, 1.807) is 24.3 Å². The second-order valence-electron chi connectivity index (χ2n) is 5.78. The summed E-state index contributed by atoms with van der Waals surface area (Å²) in [6.07, 6.45) is 0.822. The van der Waals surface area contributed by atoms with Crippen molar-refractivity contribution in [1.82, 2.24) is 9.97 Å². The number of rotatable bonds is 4. The van der Waals surface area contributed by atoms with Crippen LogP contribution in [-0.4, -0.2) is 43.2 Å². The summed E-state index contributed by atoms with van der Waals surface area (Å²) < 4.78 is 17.3. The third-order valence-electron chi connectivity index (χ3n) is 3.98. The van der Waals surface area contributed by atoms with Crippen LogP contribution >= 0.6 is 0 Å². The number of nitrogen functional groups attached to an aromatic ring is 1. The van der Waals surface area contributed by atoms with Crippen LogP contribution in [0.1, 0.15) is 28.8 Å². The Balaban J connectivity index is 1.99. The van der Waals surface area contributed by atoms with E-state index in [9.17, 15) is 14.5 Å².